The molecule has 2 rings (SSSR count). The molecule has 0 radical (unpaired) electrons. The van der Waals surface area contributed by atoms with E-state index in [1.807, 2.05) is 60.7 Å². The van der Waals surface area contributed by atoms with E-state index in [1.165, 1.54) is 0 Å². The lowest BCUT2D eigenvalue weighted by Crippen LogP contribution is -2.50. The molecular weight excluding hydrogens is 452 g/mol. The van der Waals surface area contributed by atoms with Crippen LogP contribution >= 0.6 is 0 Å². The van der Waals surface area contributed by atoms with Gasteiger partial charge in [-0.1, -0.05) is 87.9 Å². The Morgan fingerprint density at radius 1 is 0.917 bits per heavy atom. The highest BCUT2D eigenvalue weighted by molar-refractivity contribution is 5.88. The summed E-state index contributed by atoms with van der Waals surface area (Å²) in [5.74, 6) is -0.646. The average Bonchev–Trinajstić information content (AvgIpc) is 2.87. The third kappa shape index (κ3) is 9.84. The smallest absolute Gasteiger partial charge is 0.306 e. The second-order valence-corrected chi connectivity index (χ2v) is 9.61. The van der Waals surface area contributed by atoms with Gasteiger partial charge in [0.1, 0.15) is 6.04 Å². The summed E-state index contributed by atoms with van der Waals surface area (Å²) >= 11 is 0. The van der Waals surface area contributed by atoms with Gasteiger partial charge in [-0.3, -0.25) is 14.4 Å². The first-order valence-electron chi connectivity index (χ1n) is 13.2. The normalized spacial score (nSPS) is 12.6. The van der Waals surface area contributed by atoms with E-state index in [0.29, 0.717) is 26.1 Å². The summed E-state index contributed by atoms with van der Waals surface area (Å²) < 4.78 is 5.19. The van der Waals surface area contributed by atoms with E-state index in [4.69, 9.17) is 4.74 Å². The number of nitrogens with zero attached hydrogens (tertiary/aromatic N) is 1. The van der Waals surface area contributed by atoms with Crippen LogP contribution in [0.4, 0.5) is 0 Å². The molecule has 0 saturated carbocycles. The van der Waals surface area contributed by atoms with Crippen molar-refractivity contribution in [1.82, 2.24) is 10.2 Å². The minimum absolute atomic E-state index is 0.109. The molecule has 2 amide bonds. The fraction of sp³-hybridized carbons (Fsp3) is 0.500. The zero-order valence-electron chi connectivity index (χ0n) is 22.2. The van der Waals surface area contributed by atoms with Crippen molar-refractivity contribution in [2.75, 3.05) is 13.2 Å². The van der Waals surface area contributed by atoms with Crippen LogP contribution in [0.25, 0.3) is 0 Å². The van der Waals surface area contributed by atoms with E-state index < -0.39 is 6.04 Å². The molecule has 0 unspecified atom stereocenters. The SMILES string of the molecule is CCCCN(C(=O)C[C@@H](CC(=O)OCC)c1ccccc1)[C@H](CC(C)C)C(=O)NCc1ccccc1. The number of carbonyl (C=O) groups excluding carboxylic acids is 3. The highest BCUT2D eigenvalue weighted by Crippen LogP contribution is 2.26. The van der Waals surface area contributed by atoms with E-state index in [9.17, 15) is 14.4 Å². The molecule has 0 aliphatic heterocycles. The minimum Gasteiger partial charge on any atom is -0.466 e. The Morgan fingerprint density at radius 3 is 2.14 bits per heavy atom. The number of ether oxygens (including phenoxy) is 1. The van der Waals surface area contributed by atoms with Gasteiger partial charge < -0.3 is 15.0 Å². The van der Waals surface area contributed by atoms with Gasteiger partial charge in [0.05, 0.1) is 13.0 Å². The van der Waals surface area contributed by atoms with Crippen LogP contribution < -0.4 is 5.32 Å². The van der Waals surface area contributed by atoms with Crippen LogP contribution in [0.15, 0.2) is 60.7 Å². The number of amides is 2. The number of hydrogen-bond acceptors (Lipinski definition) is 4. The monoisotopic (exact) mass is 494 g/mol. The van der Waals surface area contributed by atoms with Gasteiger partial charge in [-0.15, -0.1) is 0 Å². The van der Waals surface area contributed by atoms with Gasteiger partial charge in [-0.2, -0.15) is 0 Å². The Labute approximate surface area is 216 Å². The number of carbonyl (C=O) groups is 3. The van der Waals surface area contributed by atoms with Gasteiger partial charge in [0.2, 0.25) is 11.8 Å². The van der Waals surface area contributed by atoms with E-state index in [0.717, 1.165) is 24.0 Å². The molecule has 0 aliphatic rings. The number of benzene rings is 2. The summed E-state index contributed by atoms with van der Waals surface area (Å²) in [6, 6.07) is 18.8. The predicted molar refractivity (Wildman–Crippen MR) is 143 cm³/mol. The van der Waals surface area contributed by atoms with Crippen molar-refractivity contribution in [1.29, 1.82) is 0 Å². The van der Waals surface area contributed by atoms with E-state index in [2.05, 4.69) is 26.1 Å². The fourth-order valence-corrected chi connectivity index (χ4v) is 4.29. The number of hydrogen-bond donors (Lipinski definition) is 1. The molecular formula is C30H42N2O4. The van der Waals surface area contributed by atoms with Crippen LogP contribution in [0.1, 0.15) is 76.8 Å². The summed E-state index contributed by atoms with van der Waals surface area (Å²) in [7, 11) is 0. The molecule has 196 valence electrons. The number of rotatable bonds is 15. The summed E-state index contributed by atoms with van der Waals surface area (Å²) in [6.45, 7) is 9.20. The lowest BCUT2D eigenvalue weighted by atomic mass is 9.91. The molecule has 36 heavy (non-hydrogen) atoms. The molecule has 1 N–H and O–H groups in total. The second-order valence-electron chi connectivity index (χ2n) is 9.61. The lowest BCUT2D eigenvalue weighted by Gasteiger charge is -2.33. The maximum atomic E-state index is 13.8. The van der Waals surface area contributed by atoms with Crippen LogP contribution in [0, 0.1) is 5.92 Å². The quantitative estimate of drug-likeness (QED) is 0.333. The first kappa shape index (κ1) is 29.1. The van der Waals surface area contributed by atoms with Crippen LogP contribution in [-0.2, 0) is 25.7 Å². The van der Waals surface area contributed by atoms with Crippen LogP contribution in [-0.4, -0.2) is 41.9 Å². The molecule has 2 aromatic rings. The van der Waals surface area contributed by atoms with Crippen molar-refractivity contribution >= 4 is 17.8 Å². The van der Waals surface area contributed by atoms with E-state index >= 15 is 0 Å². The van der Waals surface area contributed by atoms with Gasteiger partial charge in [0.25, 0.3) is 0 Å². The first-order chi connectivity index (χ1) is 17.3. The van der Waals surface area contributed by atoms with Crippen LogP contribution in [0.5, 0.6) is 0 Å². The Bertz CT molecular complexity index is 930. The fourth-order valence-electron chi connectivity index (χ4n) is 4.29. The lowest BCUT2D eigenvalue weighted by molar-refractivity contribution is -0.145. The Balaban J connectivity index is 2.26. The maximum absolute atomic E-state index is 13.8. The third-order valence-electron chi connectivity index (χ3n) is 6.17. The predicted octanol–water partition coefficient (Wildman–Crippen LogP) is 5.47. The number of esters is 1. The second kappa shape index (κ2) is 15.8. The molecule has 2 atom stereocenters. The standard InChI is InChI=1S/C30H42N2O4/c1-5-7-18-32(27(19-23(3)4)30(35)31-22-24-14-10-8-11-15-24)28(33)20-26(21-29(34)36-6-2)25-16-12-9-13-17-25/h8-17,23,26-27H,5-7,18-22H2,1-4H3,(H,31,35)/t26-,27+/m0/s1. The molecule has 0 spiro atoms. The number of unbranched alkanes of at least 4 members (excludes halogenated alkanes) is 1. The summed E-state index contributed by atoms with van der Waals surface area (Å²) in [4.78, 5) is 41.3. The molecule has 0 fully saturated rings. The van der Waals surface area contributed by atoms with Gasteiger partial charge in [-0.25, -0.2) is 0 Å². The topological polar surface area (TPSA) is 75.7 Å². The molecule has 0 saturated heterocycles. The Morgan fingerprint density at radius 2 is 1.56 bits per heavy atom. The third-order valence-corrected chi connectivity index (χ3v) is 6.17. The zero-order chi connectivity index (χ0) is 26.3. The van der Waals surface area contributed by atoms with Crippen molar-refractivity contribution in [3.63, 3.8) is 0 Å². The van der Waals surface area contributed by atoms with Crippen molar-refractivity contribution < 1.29 is 19.1 Å². The van der Waals surface area contributed by atoms with Crippen molar-refractivity contribution in [3.05, 3.63) is 71.8 Å². The summed E-state index contributed by atoms with van der Waals surface area (Å²) in [5.41, 5.74) is 1.93. The molecule has 6 heteroatoms. The van der Waals surface area contributed by atoms with Crippen LogP contribution in [0.3, 0.4) is 0 Å². The van der Waals surface area contributed by atoms with Crippen molar-refractivity contribution in [2.45, 2.75) is 78.3 Å². The van der Waals surface area contributed by atoms with Crippen LogP contribution in [0.2, 0.25) is 0 Å². The van der Waals surface area contributed by atoms with E-state index in [1.54, 1.807) is 11.8 Å². The maximum Gasteiger partial charge on any atom is 0.306 e. The molecule has 0 aliphatic carbocycles. The van der Waals surface area contributed by atoms with E-state index in [-0.39, 0.29) is 42.5 Å². The van der Waals surface area contributed by atoms with Crippen molar-refractivity contribution in [3.8, 4) is 0 Å². The molecule has 0 heterocycles. The van der Waals surface area contributed by atoms with Gasteiger partial charge in [-0.05, 0) is 36.8 Å². The minimum atomic E-state index is -0.563. The Kier molecular flexibility index (Phi) is 12.7. The molecule has 0 aromatic heterocycles. The van der Waals surface area contributed by atoms with Gasteiger partial charge >= 0.3 is 5.97 Å². The summed E-state index contributed by atoms with van der Waals surface area (Å²) in [5, 5.41) is 3.04. The average molecular weight is 495 g/mol. The zero-order valence-corrected chi connectivity index (χ0v) is 22.2. The summed E-state index contributed by atoms with van der Waals surface area (Å²) in [6.07, 6.45) is 2.56. The highest BCUT2D eigenvalue weighted by Gasteiger charge is 2.32. The molecule has 0 bridgehead atoms. The molecule has 6 nitrogen and oxygen atoms in total. The molecule has 2 aromatic carbocycles. The largest absolute Gasteiger partial charge is 0.466 e. The van der Waals surface area contributed by atoms with Gasteiger partial charge in [0.15, 0.2) is 0 Å². The van der Waals surface area contributed by atoms with Crippen molar-refractivity contribution in [2.24, 2.45) is 5.92 Å². The van der Waals surface area contributed by atoms with Gasteiger partial charge in [0, 0.05) is 25.4 Å². The highest BCUT2D eigenvalue weighted by atomic mass is 16.5. The number of nitrogens with one attached hydrogen (secondary N) is 1. The Hall–Kier alpha value is -3.15. The first-order valence-corrected chi connectivity index (χ1v) is 13.2.